The van der Waals surface area contributed by atoms with Crippen LogP contribution in [0.25, 0.3) is 0 Å². The molecule has 0 spiro atoms. The summed E-state index contributed by atoms with van der Waals surface area (Å²) in [6.45, 7) is 2.45. The Morgan fingerprint density at radius 2 is 2.00 bits per heavy atom. The van der Waals surface area contributed by atoms with Crippen LogP contribution in [0.1, 0.15) is 6.92 Å². The Hall–Kier alpha value is -1.89. The maximum absolute atomic E-state index is 12.7. The van der Waals surface area contributed by atoms with Gasteiger partial charge in [0.1, 0.15) is 10.7 Å². The van der Waals surface area contributed by atoms with E-state index < -0.39 is 15.8 Å². The molecule has 0 aliphatic heterocycles. The first-order chi connectivity index (χ1) is 8.51. The van der Waals surface area contributed by atoms with E-state index in [1.54, 1.807) is 0 Å². The van der Waals surface area contributed by atoms with Crippen molar-refractivity contribution < 1.29 is 12.8 Å². The predicted octanol–water partition coefficient (Wildman–Crippen LogP) is 1.84. The summed E-state index contributed by atoms with van der Waals surface area (Å²) in [6, 6.07) is 5.09. The SMILES string of the molecule is CCn1cc(S(=O)(=O)Nc2ccc(F)cc2)cn1. The fourth-order valence-corrected chi connectivity index (χ4v) is 2.40. The Morgan fingerprint density at radius 1 is 1.33 bits per heavy atom. The van der Waals surface area contributed by atoms with Crippen LogP contribution in [0.15, 0.2) is 41.6 Å². The lowest BCUT2D eigenvalue weighted by Crippen LogP contribution is -2.12. The van der Waals surface area contributed by atoms with Gasteiger partial charge in [0.05, 0.1) is 6.20 Å². The highest BCUT2D eigenvalue weighted by Crippen LogP contribution is 2.15. The molecule has 1 N–H and O–H groups in total. The Labute approximate surface area is 104 Å². The fraction of sp³-hybridized carbons (Fsp3) is 0.182. The number of sulfonamides is 1. The topological polar surface area (TPSA) is 64.0 Å². The Balaban J connectivity index is 2.24. The Kier molecular flexibility index (Phi) is 3.33. The molecule has 0 atom stereocenters. The second-order valence-corrected chi connectivity index (χ2v) is 5.33. The van der Waals surface area contributed by atoms with Crippen LogP contribution in [-0.4, -0.2) is 18.2 Å². The molecule has 0 saturated heterocycles. The van der Waals surface area contributed by atoms with E-state index in [4.69, 9.17) is 0 Å². The Bertz CT molecular complexity index is 635. The predicted molar refractivity (Wildman–Crippen MR) is 65.1 cm³/mol. The van der Waals surface area contributed by atoms with E-state index in [0.717, 1.165) is 0 Å². The molecule has 7 heteroatoms. The van der Waals surface area contributed by atoms with Gasteiger partial charge >= 0.3 is 0 Å². The lowest BCUT2D eigenvalue weighted by atomic mass is 10.3. The van der Waals surface area contributed by atoms with Crippen LogP contribution in [0.2, 0.25) is 0 Å². The van der Waals surface area contributed by atoms with Gasteiger partial charge in [-0.05, 0) is 31.2 Å². The first-order valence-electron chi connectivity index (χ1n) is 5.32. The lowest BCUT2D eigenvalue weighted by molar-refractivity contribution is 0.600. The minimum absolute atomic E-state index is 0.0775. The van der Waals surface area contributed by atoms with Gasteiger partial charge in [-0.25, -0.2) is 12.8 Å². The van der Waals surface area contributed by atoms with E-state index in [-0.39, 0.29) is 4.90 Å². The summed E-state index contributed by atoms with van der Waals surface area (Å²) in [4.78, 5) is 0.0775. The molecule has 0 aliphatic rings. The van der Waals surface area contributed by atoms with Crippen molar-refractivity contribution in [3.63, 3.8) is 0 Å². The molecule has 0 unspecified atom stereocenters. The summed E-state index contributed by atoms with van der Waals surface area (Å²) < 4.78 is 40.5. The van der Waals surface area contributed by atoms with Crippen molar-refractivity contribution in [1.29, 1.82) is 0 Å². The fourth-order valence-electron chi connectivity index (χ4n) is 1.39. The van der Waals surface area contributed by atoms with E-state index in [2.05, 4.69) is 9.82 Å². The number of aromatic nitrogens is 2. The van der Waals surface area contributed by atoms with Crippen molar-refractivity contribution in [2.45, 2.75) is 18.4 Å². The average molecular weight is 269 g/mol. The molecular weight excluding hydrogens is 257 g/mol. The largest absolute Gasteiger partial charge is 0.280 e. The first kappa shape index (κ1) is 12.6. The molecular formula is C11H12FN3O2S. The summed E-state index contributed by atoms with van der Waals surface area (Å²) in [5.41, 5.74) is 0.306. The molecule has 1 heterocycles. The molecule has 18 heavy (non-hydrogen) atoms. The van der Waals surface area contributed by atoms with E-state index in [1.165, 1.54) is 41.3 Å². The monoisotopic (exact) mass is 269 g/mol. The van der Waals surface area contributed by atoms with E-state index in [0.29, 0.717) is 12.2 Å². The normalized spacial score (nSPS) is 11.4. The third kappa shape index (κ3) is 2.67. The number of nitrogens with one attached hydrogen (secondary N) is 1. The van der Waals surface area contributed by atoms with Crippen molar-refractivity contribution in [2.24, 2.45) is 0 Å². The van der Waals surface area contributed by atoms with Gasteiger partial charge in [-0.15, -0.1) is 0 Å². The van der Waals surface area contributed by atoms with Crippen LogP contribution < -0.4 is 4.72 Å². The van der Waals surface area contributed by atoms with Gasteiger partial charge < -0.3 is 0 Å². The minimum atomic E-state index is -3.67. The van der Waals surface area contributed by atoms with Crippen LogP contribution in [0.5, 0.6) is 0 Å². The van der Waals surface area contributed by atoms with Gasteiger partial charge in [-0.1, -0.05) is 0 Å². The highest BCUT2D eigenvalue weighted by atomic mass is 32.2. The van der Waals surface area contributed by atoms with Gasteiger partial charge in [0, 0.05) is 18.4 Å². The van der Waals surface area contributed by atoms with Gasteiger partial charge in [0.15, 0.2) is 0 Å². The number of nitrogens with zero attached hydrogens (tertiary/aromatic N) is 2. The molecule has 5 nitrogen and oxygen atoms in total. The number of rotatable bonds is 4. The number of aryl methyl sites for hydroxylation is 1. The quantitative estimate of drug-likeness (QED) is 0.921. The zero-order valence-corrected chi connectivity index (χ0v) is 10.5. The summed E-state index contributed by atoms with van der Waals surface area (Å²) >= 11 is 0. The molecule has 2 aromatic rings. The molecule has 0 saturated carbocycles. The van der Waals surface area contributed by atoms with Crippen molar-refractivity contribution in [1.82, 2.24) is 9.78 Å². The lowest BCUT2D eigenvalue weighted by Gasteiger charge is -2.05. The van der Waals surface area contributed by atoms with Crippen LogP contribution >= 0.6 is 0 Å². The molecule has 1 aromatic heterocycles. The third-order valence-corrected chi connectivity index (χ3v) is 3.68. The highest BCUT2D eigenvalue weighted by Gasteiger charge is 2.16. The van der Waals surface area contributed by atoms with Crippen LogP contribution in [0, 0.1) is 5.82 Å². The maximum atomic E-state index is 12.7. The van der Waals surface area contributed by atoms with Crippen molar-refractivity contribution in [2.75, 3.05) is 4.72 Å². The summed E-state index contributed by atoms with van der Waals surface area (Å²) in [5, 5.41) is 3.89. The molecule has 0 radical (unpaired) electrons. The number of hydrogen-bond donors (Lipinski definition) is 1. The van der Waals surface area contributed by atoms with Crippen molar-refractivity contribution >= 4 is 15.7 Å². The minimum Gasteiger partial charge on any atom is -0.280 e. The molecule has 2 rings (SSSR count). The molecule has 1 aromatic carbocycles. The number of anilines is 1. The molecule has 0 bridgehead atoms. The van der Waals surface area contributed by atoms with Crippen molar-refractivity contribution in [3.05, 3.63) is 42.5 Å². The van der Waals surface area contributed by atoms with Gasteiger partial charge in [-0.2, -0.15) is 5.10 Å². The third-order valence-electron chi connectivity index (χ3n) is 2.34. The standard InChI is InChI=1S/C11H12FN3O2S/c1-2-15-8-11(7-13-15)18(16,17)14-10-5-3-9(12)4-6-10/h3-8,14H,2H2,1H3. The second kappa shape index (κ2) is 4.77. The Morgan fingerprint density at radius 3 is 2.56 bits per heavy atom. The van der Waals surface area contributed by atoms with Crippen LogP contribution in [0.3, 0.4) is 0 Å². The summed E-state index contributed by atoms with van der Waals surface area (Å²) in [5.74, 6) is -0.420. The number of hydrogen-bond acceptors (Lipinski definition) is 3. The molecule has 96 valence electrons. The first-order valence-corrected chi connectivity index (χ1v) is 6.80. The second-order valence-electron chi connectivity index (χ2n) is 3.64. The number of benzene rings is 1. The average Bonchev–Trinajstić information content (AvgIpc) is 2.81. The van der Waals surface area contributed by atoms with E-state index >= 15 is 0 Å². The van der Waals surface area contributed by atoms with Crippen LogP contribution in [0.4, 0.5) is 10.1 Å². The van der Waals surface area contributed by atoms with E-state index in [1.807, 2.05) is 6.92 Å². The van der Waals surface area contributed by atoms with Crippen LogP contribution in [-0.2, 0) is 16.6 Å². The van der Waals surface area contributed by atoms with Crippen molar-refractivity contribution in [3.8, 4) is 0 Å². The molecule has 0 fully saturated rings. The zero-order chi connectivity index (χ0) is 13.2. The molecule has 0 aliphatic carbocycles. The van der Waals surface area contributed by atoms with E-state index in [9.17, 15) is 12.8 Å². The smallest absolute Gasteiger partial charge is 0.265 e. The highest BCUT2D eigenvalue weighted by molar-refractivity contribution is 7.92. The van der Waals surface area contributed by atoms with Gasteiger partial charge in [-0.3, -0.25) is 9.40 Å². The zero-order valence-electron chi connectivity index (χ0n) is 9.67. The van der Waals surface area contributed by atoms with Gasteiger partial charge in [0.2, 0.25) is 0 Å². The number of halogens is 1. The molecule has 0 amide bonds. The maximum Gasteiger partial charge on any atom is 0.265 e. The summed E-state index contributed by atoms with van der Waals surface area (Å²) in [7, 11) is -3.67. The van der Waals surface area contributed by atoms with Gasteiger partial charge in [0.25, 0.3) is 10.0 Å². The summed E-state index contributed by atoms with van der Waals surface area (Å²) in [6.07, 6.45) is 2.71.